The van der Waals surface area contributed by atoms with Crippen molar-refractivity contribution in [1.29, 1.82) is 0 Å². The number of halogens is 2. The SMILES string of the molecule is O=CN(O)C[C@H](CC1CCCC1)C(=O)NNc1nc(Cl)nc(NCCc2ccsc2)c1F. The van der Waals surface area contributed by atoms with Gasteiger partial charge in [0.05, 0.1) is 12.5 Å². The maximum atomic E-state index is 14.8. The van der Waals surface area contributed by atoms with Crippen LogP contribution in [-0.4, -0.2) is 45.6 Å². The van der Waals surface area contributed by atoms with Crippen molar-refractivity contribution in [1.82, 2.24) is 20.5 Å². The molecule has 0 saturated heterocycles. The van der Waals surface area contributed by atoms with Crippen molar-refractivity contribution in [2.75, 3.05) is 23.8 Å². The molecule has 0 spiro atoms. The van der Waals surface area contributed by atoms with E-state index in [1.165, 1.54) is 0 Å². The third kappa shape index (κ3) is 7.01. The molecule has 0 radical (unpaired) electrons. The fourth-order valence-corrected chi connectivity index (χ4v) is 4.66. The second-order valence-electron chi connectivity index (χ2n) is 7.74. The Balaban J connectivity index is 1.60. The fraction of sp³-hybridized carbons (Fsp3) is 0.500. The Labute approximate surface area is 194 Å². The van der Waals surface area contributed by atoms with E-state index in [4.69, 9.17) is 11.6 Å². The van der Waals surface area contributed by atoms with Gasteiger partial charge < -0.3 is 5.32 Å². The highest BCUT2D eigenvalue weighted by Gasteiger charge is 2.27. The molecule has 1 aliphatic carbocycles. The van der Waals surface area contributed by atoms with Crippen molar-refractivity contribution >= 4 is 46.9 Å². The molecule has 1 aliphatic rings. The number of hydroxylamine groups is 2. The summed E-state index contributed by atoms with van der Waals surface area (Å²) in [6.45, 7) is 0.282. The van der Waals surface area contributed by atoms with Crippen LogP contribution in [0.15, 0.2) is 16.8 Å². The Morgan fingerprint density at radius 3 is 2.81 bits per heavy atom. The van der Waals surface area contributed by atoms with E-state index in [1.54, 1.807) is 11.3 Å². The summed E-state index contributed by atoms with van der Waals surface area (Å²) in [6, 6.07) is 1.98. The van der Waals surface area contributed by atoms with Crippen molar-refractivity contribution in [3.63, 3.8) is 0 Å². The Bertz CT molecular complexity index is 898. The predicted octanol–water partition coefficient (Wildman–Crippen LogP) is 3.47. The Hall–Kier alpha value is -2.50. The monoisotopic (exact) mass is 484 g/mol. The lowest BCUT2D eigenvalue weighted by Crippen LogP contribution is -2.41. The van der Waals surface area contributed by atoms with Gasteiger partial charge in [-0.3, -0.25) is 25.6 Å². The van der Waals surface area contributed by atoms with Gasteiger partial charge in [0.1, 0.15) is 0 Å². The second kappa shape index (κ2) is 11.9. The first-order valence-corrected chi connectivity index (χ1v) is 11.7. The molecule has 2 heterocycles. The minimum Gasteiger partial charge on any atom is -0.367 e. The van der Waals surface area contributed by atoms with Gasteiger partial charge in [0.15, 0.2) is 11.6 Å². The van der Waals surface area contributed by atoms with Crippen molar-refractivity contribution < 1.29 is 19.2 Å². The Morgan fingerprint density at radius 2 is 2.12 bits per heavy atom. The fourth-order valence-electron chi connectivity index (χ4n) is 3.78. The van der Waals surface area contributed by atoms with Crippen LogP contribution in [0.2, 0.25) is 5.28 Å². The molecule has 1 saturated carbocycles. The van der Waals surface area contributed by atoms with E-state index in [0.29, 0.717) is 30.4 Å². The summed E-state index contributed by atoms with van der Waals surface area (Å²) in [7, 11) is 0. The molecule has 1 fully saturated rings. The molecule has 12 heteroatoms. The molecule has 0 bridgehead atoms. The molecular weight excluding hydrogens is 459 g/mol. The largest absolute Gasteiger partial charge is 0.367 e. The van der Waals surface area contributed by atoms with E-state index in [2.05, 4.69) is 26.1 Å². The molecule has 174 valence electrons. The van der Waals surface area contributed by atoms with Gasteiger partial charge in [0.2, 0.25) is 23.4 Å². The number of aromatic nitrogens is 2. The molecule has 9 nitrogen and oxygen atoms in total. The number of anilines is 2. The van der Waals surface area contributed by atoms with Crippen LogP contribution in [0.3, 0.4) is 0 Å². The number of thiophene rings is 1. The number of amides is 2. The van der Waals surface area contributed by atoms with E-state index >= 15 is 0 Å². The van der Waals surface area contributed by atoms with Gasteiger partial charge >= 0.3 is 0 Å². The summed E-state index contributed by atoms with van der Waals surface area (Å²) in [4.78, 5) is 31.2. The van der Waals surface area contributed by atoms with E-state index in [-0.39, 0.29) is 29.9 Å². The normalized spacial score (nSPS) is 14.7. The molecule has 0 unspecified atom stereocenters. The van der Waals surface area contributed by atoms with Crippen LogP contribution in [0, 0.1) is 17.7 Å². The highest BCUT2D eigenvalue weighted by atomic mass is 35.5. The molecule has 4 N–H and O–H groups in total. The number of carbonyl (C=O) groups excluding carboxylic acids is 2. The minimum absolute atomic E-state index is 0.0815. The first-order valence-electron chi connectivity index (χ1n) is 10.4. The zero-order valence-corrected chi connectivity index (χ0v) is 19.0. The van der Waals surface area contributed by atoms with E-state index in [0.717, 1.165) is 31.2 Å². The molecule has 0 aromatic carbocycles. The lowest BCUT2D eigenvalue weighted by Gasteiger charge is -2.22. The maximum absolute atomic E-state index is 14.8. The first-order chi connectivity index (χ1) is 15.5. The number of hydrogen-bond donors (Lipinski definition) is 4. The van der Waals surface area contributed by atoms with Crippen molar-refractivity contribution in [3.8, 4) is 0 Å². The molecule has 2 aromatic rings. The molecule has 3 rings (SSSR count). The van der Waals surface area contributed by atoms with Gasteiger partial charge in [0.25, 0.3) is 0 Å². The molecule has 0 aliphatic heterocycles. The quantitative estimate of drug-likeness (QED) is 0.157. The topological polar surface area (TPSA) is 119 Å². The van der Waals surface area contributed by atoms with Gasteiger partial charge in [-0.25, -0.2) is 5.06 Å². The minimum atomic E-state index is -0.788. The van der Waals surface area contributed by atoms with Crippen molar-refractivity contribution in [2.24, 2.45) is 11.8 Å². The van der Waals surface area contributed by atoms with Gasteiger partial charge in [-0.05, 0) is 52.8 Å². The highest BCUT2D eigenvalue weighted by Crippen LogP contribution is 2.30. The standard InChI is InChI=1S/C20H26ClFN6O3S/c21-20-24-17(23-7-5-14-6-8-32-11-14)16(22)18(25-20)26-27-19(30)15(10-28(31)12-29)9-13-3-1-2-4-13/h6,8,11-13,15,31H,1-5,7,9-10H2,(H,27,30)(H2,23,24,25,26)/t15-/m0/s1. The summed E-state index contributed by atoms with van der Waals surface area (Å²) in [6.07, 6.45) is 5.64. The number of rotatable bonds is 12. The number of carbonyl (C=O) groups is 2. The van der Waals surface area contributed by atoms with Gasteiger partial charge in [-0.15, -0.1) is 0 Å². The van der Waals surface area contributed by atoms with Gasteiger partial charge in [-0.2, -0.15) is 25.7 Å². The number of nitrogens with zero attached hydrogens (tertiary/aromatic N) is 3. The second-order valence-corrected chi connectivity index (χ2v) is 8.86. The summed E-state index contributed by atoms with van der Waals surface area (Å²) in [5.74, 6) is -1.96. The van der Waals surface area contributed by atoms with Crippen molar-refractivity contribution in [3.05, 3.63) is 33.5 Å². The van der Waals surface area contributed by atoms with Gasteiger partial charge in [-0.1, -0.05) is 25.7 Å². The molecule has 2 amide bonds. The van der Waals surface area contributed by atoms with Gasteiger partial charge in [0, 0.05) is 6.54 Å². The molecule has 32 heavy (non-hydrogen) atoms. The Kier molecular flexibility index (Phi) is 9.00. The summed E-state index contributed by atoms with van der Waals surface area (Å²) in [5.41, 5.74) is 6.00. The highest BCUT2D eigenvalue weighted by molar-refractivity contribution is 7.07. The first kappa shape index (κ1) is 24.1. The lowest BCUT2D eigenvalue weighted by atomic mass is 9.92. The summed E-state index contributed by atoms with van der Waals surface area (Å²) in [5, 5.41) is 16.7. The van der Waals surface area contributed by atoms with Crippen molar-refractivity contribution in [2.45, 2.75) is 38.5 Å². The zero-order valence-electron chi connectivity index (χ0n) is 17.4. The molecule has 1 atom stereocenters. The van der Waals surface area contributed by atoms with Crippen LogP contribution in [0.1, 0.15) is 37.7 Å². The number of hydrazine groups is 1. The smallest absolute Gasteiger partial charge is 0.243 e. The summed E-state index contributed by atoms with van der Waals surface area (Å²) < 4.78 is 14.8. The average molecular weight is 485 g/mol. The molecule has 2 aromatic heterocycles. The zero-order chi connectivity index (χ0) is 22.9. The summed E-state index contributed by atoms with van der Waals surface area (Å²) >= 11 is 7.50. The third-order valence-corrected chi connectivity index (χ3v) is 6.31. The van der Waals surface area contributed by atoms with Crippen LogP contribution in [-0.2, 0) is 16.0 Å². The van der Waals surface area contributed by atoms with Crippen LogP contribution >= 0.6 is 22.9 Å². The lowest BCUT2D eigenvalue weighted by molar-refractivity contribution is -0.154. The number of nitrogens with one attached hydrogen (secondary N) is 3. The molecular formula is C20H26ClFN6O3S. The average Bonchev–Trinajstić information content (AvgIpc) is 3.48. The van der Waals surface area contributed by atoms with E-state index in [1.807, 2.05) is 16.8 Å². The Morgan fingerprint density at radius 1 is 1.38 bits per heavy atom. The predicted molar refractivity (Wildman–Crippen MR) is 120 cm³/mol. The van der Waals surface area contributed by atoms with Crippen LogP contribution < -0.4 is 16.2 Å². The third-order valence-electron chi connectivity index (χ3n) is 5.41. The van der Waals surface area contributed by atoms with Crippen LogP contribution in [0.5, 0.6) is 0 Å². The van der Waals surface area contributed by atoms with E-state index < -0.39 is 17.6 Å². The van der Waals surface area contributed by atoms with Crippen LogP contribution in [0.4, 0.5) is 16.0 Å². The number of hydrogen-bond acceptors (Lipinski definition) is 8. The maximum Gasteiger partial charge on any atom is 0.243 e. The van der Waals surface area contributed by atoms with Crippen LogP contribution in [0.25, 0.3) is 0 Å². The van der Waals surface area contributed by atoms with E-state index in [9.17, 15) is 19.2 Å².